The van der Waals surface area contributed by atoms with E-state index in [0.717, 1.165) is 6.07 Å². The first-order valence-electron chi connectivity index (χ1n) is 5.69. The van der Waals surface area contributed by atoms with Crippen LogP contribution in [-0.4, -0.2) is 27.7 Å². The lowest BCUT2D eigenvalue weighted by Gasteiger charge is -2.23. The van der Waals surface area contributed by atoms with Crippen molar-refractivity contribution in [3.8, 4) is 0 Å². The van der Waals surface area contributed by atoms with Gasteiger partial charge in [0.2, 0.25) is 10.0 Å². The Morgan fingerprint density at radius 3 is 2.53 bits per heavy atom. The van der Waals surface area contributed by atoms with Gasteiger partial charge >= 0.3 is 0 Å². The largest absolute Gasteiger partial charge is 0.399 e. The molecule has 0 bridgehead atoms. The summed E-state index contributed by atoms with van der Waals surface area (Å²) in [5.74, 6) is -0.795. The first-order chi connectivity index (χ1) is 8.59. The second-order valence-corrected chi connectivity index (χ2v) is 6.67. The Morgan fingerprint density at radius 2 is 2.00 bits per heavy atom. The molecule has 0 radical (unpaired) electrons. The number of ether oxygens (including phenoxy) is 1. The van der Waals surface area contributed by atoms with Crippen LogP contribution in [0.5, 0.6) is 0 Å². The highest BCUT2D eigenvalue weighted by Gasteiger charge is 2.25. The Morgan fingerprint density at radius 1 is 1.42 bits per heavy atom. The number of anilines is 1. The van der Waals surface area contributed by atoms with E-state index in [1.54, 1.807) is 13.8 Å². The van der Waals surface area contributed by atoms with E-state index < -0.39 is 26.3 Å². The number of aryl methyl sites for hydroxylation is 1. The van der Waals surface area contributed by atoms with Crippen LogP contribution in [0.1, 0.15) is 19.4 Å². The van der Waals surface area contributed by atoms with Crippen LogP contribution in [0.4, 0.5) is 10.1 Å². The van der Waals surface area contributed by atoms with Crippen LogP contribution in [0.3, 0.4) is 0 Å². The van der Waals surface area contributed by atoms with Gasteiger partial charge in [-0.05, 0) is 38.5 Å². The molecule has 0 atom stereocenters. The van der Waals surface area contributed by atoms with Gasteiger partial charge < -0.3 is 10.5 Å². The Labute approximate surface area is 113 Å². The van der Waals surface area contributed by atoms with E-state index in [1.165, 1.54) is 20.1 Å². The van der Waals surface area contributed by atoms with Gasteiger partial charge in [-0.2, -0.15) is 0 Å². The lowest BCUT2D eigenvalue weighted by atomic mass is 10.1. The number of halogens is 1. The SMILES string of the molecule is COC(C)(C)CNS(=O)(=O)c1cc(N)cc(C)c1F. The minimum Gasteiger partial charge on any atom is -0.399 e. The summed E-state index contributed by atoms with van der Waals surface area (Å²) in [5.41, 5.74) is 5.25. The topological polar surface area (TPSA) is 81.4 Å². The van der Waals surface area contributed by atoms with Crippen molar-refractivity contribution in [2.24, 2.45) is 0 Å². The highest BCUT2D eigenvalue weighted by Crippen LogP contribution is 2.21. The Balaban J connectivity index is 3.08. The van der Waals surface area contributed by atoms with Gasteiger partial charge in [-0.25, -0.2) is 17.5 Å². The number of rotatable bonds is 5. The molecule has 0 heterocycles. The number of hydrogen-bond donors (Lipinski definition) is 2. The van der Waals surface area contributed by atoms with E-state index in [4.69, 9.17) is 10.5 Å². The van der Waals surface area contributed by atoms with Crippen molar-refractivity contribution in [1.82, 2.24) is 4.72 Å². The van der Waals surface area contributed by atoms with Gasteiger partial charge in [-0.1, -0.05) is 0 Å². The molecule has 0 aliphatic carbocycles. The molecule has 0 unspecified atom stereocenters. The van der Waals surface area contributed by atoms with Crippen LogP contribution >= 0.6 is 0 Å². The zero-order chi connectivity index (χ0) is 14.8. The third kappa shape index (κ3) is 3.89. The predicted octanol–water partition coefficient (Wildman–Crippen LogP) is 1.42. The highest BCUT2D eigenvalue weighted by molar-refractivity contribution is 7.89. The summed E-state index contributed by atoms with van der Waals surface area (Å²) >= 11 is 0. The summed E-state index contributed by atoms with van der Waals surface area (Å²) in [7, 11) is -2.49. The molecule has 0 amide bonds. The van der Waals surface area contributed by atoms with Crippen molar-refractivity contribution < 1.29 is 17.5 Å². The second-order valence-electron chi connectivity index (χ2n) is 4.94. The molecule has 5 nitrogen and oxygen atoms in total. The van der Waals surface area contributed by atoms with Crippen molar-refractivity contribution in [3.63, 3.8) is 0 Å². The Kier molecular flexibility index (Phi) is 4.54. The average molecular weight is 290 g/mol. The normalized spacial score (nSPS) is 12.7. The molecule has 1 aromatic rings. The van der Waals surface area contributed by atoms with Crippen LogP contribution in [0, 0.1) is 12.7 Å². The smallest absolute Gasteiger partial charge is 0.243 e. The monoisotopic (exact) mass is 290 g/mol. The molecule has 0 saturated carbocycles. The van der Waals surface area contributed by atoms with Gasteiger partial charge in [-0.3, -0.25) is 0 Å². The second kappa shape index (κ2) is 5.44. The summed E-state index contributed by atoms with van der Waals surface area (Å²) in [4.78, 5) is -0.447. The number of nitrogen functional groups attached to an aromatic ring is 1. The molecule has 0 aliphatic rings. The van der Waals surface area contributed by atoms with Gasteiger partial charge in [0.25, 0.3) is 0 Å². The van der Waals surface area contributed by atoms with Gasteiger partial charge in [0, 0.05) is 19.3 Å². The third-order valence-corrected chi connectivity index (χ3v) is 4.17. The standard InChI is InChI=1S/C12H19FN2O3S/c1-8-5-9(14)6-10(11(8)13)19(16,17)15-7-12(2,3)18-4/h5-6,15H,7,14H2,1-4H3. The highest BCUT2D eigenvalue weighted by atomic mass is 32.2. The first-order valence-corrected chi connectivity index (χ1v) is 7.18. The minimum atomic E-state index is -3.96. The molecule has 19 heavy (non-hydrogen) atoms. The zero-order valence-corrected chi connectivity index (χ0v) is 12.3. The van der Waals surface area contributed by atoms with Crippen LogP contribution in [0.2, 0.25) is 0 Å². The van der Waals surface area contributed by atoms with Crippen molar-refractivity contribution in [3.05, 3.63) is 23.5 Å². The van der Waals surface area contributed by atoms with Gasteiger partial charge in [-0.15, -0.1) is 0 Å². The summed E-state index contributed by atoms with van der Waals surface area (Å²) in [6.45, 7) is 4.93. The minimum absolute atomic E-state index is 0.0269. The van der Waals surface area contributed by atoms with E-state index in [9.17, 15) is 12.8 Å². The number of nitrogens with two attached hydrogens (primary N) is 1. The molecule has 0 spiro atoms. The van der Waals surface area contributed by atoms with E-state index in [0.29, 0.717) is 0 Å². The zero-order valence-electron chi connectivity index (χ0n) is 11.5. The van der Waals surface area contributed by atoms with Gasteiger partial charge in [0.15, 0.2) is 0 Å². The van der Waals surface area contributed by atoms with Crippen molar-refractivity contribution in [1.29, 1.82) is 0 Å². The molecule has 1 aromatic carbocycles. The lowest BCUT2D eigenvalue weighted by molar-refractivity contribution is 0.0276. The maximum atomic E-state index is 13.9. The molecular weight excluding hydrogens is 271 g/mol. The van der Waals surface area contributed by atoms with E-state index >= 15 is 0 Å². The number of hydrogen-bond acceptors (Lipinski definition) is 4. The van der Waals surface area contributed by atoms with Gasteiger partial charge in [0.1, 0.15) is 10.7 Å². The molecule has 1 rings (SSSR count). The van der Waals surface area contributed by atoms with E-state index in [2.05, 4.69) is 4.72 Å². The van der Waals surface area contributed by atoms with Crippen LogP contribution < -0.4 is 10.5 Å². The van der Waals surface area contributed by atoms with Gasteiger partial charge in [0.05, 0.1) is 5.60 Å². The molecule has 0 aliphatic heterocycles. The van der Waals surface area contributed by atoms with Crippen molar-refractivity contribution >= 4 is 15.7 Å². The predicted molar refractivity (Wildman–Crippen MR) is 71.8 cm³/mol. The number of sulfonamides is 1. The molecule has 3 N–H and O–H groups in total. The quantitative estimate of drug-likeness (QED) is 0.804. The molecule has 7 heteroatoms. The van der Waals surface area contributed by atoms with E-state index in [-0.39, 0.29) is 17.8 Å². The number of nitrogens with one attached hydrogen (secondary N) is 1. The first kappa shape index (κ1) is 15.9. The molecule has 0 aromatic heterocycles. The third-order valence-electron chi connectivity index (χ3n) is 2.77. The van der Waals surface area contributed by atoms with Crippen molar-refractivity contribution in [2.75, 3.05) is 19.4 Å². The Bertz CT molecular complexity index is 571. The van der Waals surface area contributed by atoms with Crippen molar-refractivity contribution in [2.45, 2.75) is 31.3 Å². The molecular formula is C12H19FN2O3S. The van der Waals surface area contributed by atoms with Crippen LogP contribution in [-0.2, 0) is 14.8 Å². The lowest BCUT2D eigenvalue weighted by Crippen LogP contribution is -2.40. The van der Waals surface area contributed by atoms with Crippen LogP contribution in [0.25, 0.3) is 0 Å². The van der Waals surface area contributed by atoms with Crippen LogP contribution in [0.15, 0.2) is 17.0 Å². The fraction of sp³-hybridized carbons (Fsp3) is 0.500. The maximum absolute atomic E-state index is 13.9. The fourth-order valence-corrected chi connectivity index (χ4v) is 2.76. The summed E-state index contributed by atoms with van der Waals surface area (Å²) in [6.07, 6.45) is 0. The molecule has 0 fully saturated rings. The maximum Gasteiger partial charge on any atom is 0.243 e. The summed E-state index contributed by atoms with van der Waals surface area (Å²) < 4.78 is 45.4. The Hall–Kier alpha value is -1.18. The fourth-order valence-electron chi connectivity index (χ4n) is 1.38. The number of benzene rings is 1. The number of methoxy groups -OCH3 is 1. The molecule has 0 saturated heterocycles. The summed E-state index contributed by atoms with van der Waals surface area (Å²) in [6, 6.07) is 2.48. The average Bonchev–Trinajstić information content (AvgIpc) is 2.31. The summed E-state index contributed by atoms with van der Waals surface area (Å²) in [5, 5.41) is 0. The molecule has 108 valence electrons. The van der Waals surface area contributed by atoms with E-state index in [1.807, 2.05) is 0 Å².